The second kappa shape index (κ2) is 6.42. The topological polar surface area (TPSA) is 63.6 Å². The number of nitrogens with one attached hydrogen (secondary N) is 1. The van der Waals surface area contributed by atoms with Gasteiger partial charge in [-0.2, -0.15) is 0 Å². The smallest absolute Gasteiger partial charge is 0.171 e. The van der Waals surface area contributed by atoms with Gasteiger partial charge in [0.2, 0.25) is 0 Å². The molecule has 16 heavy (non-hydrogen) atoms. The van der Waals surface area contributed by atoms with Crippen molar-refractivity contribution in [3.8, 4) is 5.75 Å². The molecule has 1 rings (SSSR count). The zero-order valence-electron chi connectivity index (χ0n) is 9.80. The second-order valence-electron chi connectivity index (χ2n) is 3.52. The van der Waals surface area contributed by atoms with E-state index in [4.69, 9.17) is 14.6 Å². The van der Waals surface area contributed by atoms with Crippen molar-refractivity contribution in [3.05, 3.63) is 24.0 Å². The normalized spacial score (nSPS) is 13.0. The van der Waals surface area contributed by atoms with Crippen LogP contribution >= 0.6 is 0 Å². The standard InChI is InChI=1S/C11H18N2O3/c1-8(11(15-2)16-3)12-6-9-4-5-10(14)7-13-9/h4-5,7-8,11-12,14H,6H2,1-3H3. The largest absolute Gasteiger partial charge is 0.506 e. The van der Waals surface area contributed by atoms with Crippen molar-refractivity contribution >= 4 is 0 Å². The maximum atomic E-state index is 9.08. The van der Waals surface area contributed by atoms with Crippen LogP contribution in [0.1, 0.15) is 12.6 Å². The van der Waals surface area contributed by atoms with Gasteiger partial charge in [0, 0.05) is 20.8 Å². The van der Waals surface area contributed by atoms with Crippen molar-refractivity contribution in [3.63, 3.8) is 0 Å². The van der Waals surface area contributed by atoms with E-state index in [1.165, 1.54) is 6.20 Å². The van der Waals surface area contributed by atoms with E-state index in [2.05, 4.69) is 10.3 Å². The highest BCUT2D eigenvalue weighted by atomic mass is 16.7. The molecule has 5 nitrogen and oxygen atoms in total. The predicted molar refractivity (Wildman–Crippen MR) is 60.0 cm³/mol. The number of hydrogen-bond acceptors (Lipinski definition) is 5. The van der Waals surface area contributed by atoms with Gasteiger partial charge in [-0.25, -0.2) is 0 Å². The molecule has 0 saturated carbocycles. The molecule has 0 aromatic carbocycles. The minimum atomic E-state index is -0.280. The van der Waals surface area contributed by atoms with Crippen LogP contribution in [-0.4, -0.2) is 36.6 Å². The van der Waals surface area contributed by atoms with Gasteiger partial charge in [-0.3, -0.25) is 4.98 Å². The summed E-state index contributed by atoms with van der Waals surface area (Å²) in [5, 5.41) is 12.3. The Morgan fingerprint density at radius 3 is 2.56 bits per heavy atom. The second-order valence-corrected chi connectivity index (χ2v) is 3.52. The molecule has 1 aromatic rings. The number of rotatable bonds is 6. The van der Waals surface area contributed by atoms with E-state index in [1.807, 2.05) is 6.92 Å². The summed E-state index contributed by atoms with van der Waals surface area (Å²) in [4.78, 5) is 4.07. The van der Waals surface area contributed by atoms with E-state index in [0.29, 0.717) is 6.54 Å². The van der Waals surface area contributed by atoms with Crippen molar-refractivity contribution in [1.82, 2.24) is 10.3 Å². The number of aromatic hydroxyl groups is 1. The van der Waals surface area contributed by atoms with E-state index < -0.39 is 0 Å². The van der Waals surface area contributed by atoms with Gasteiger partial charge in [0.1, 0.15) is 5.75 Å². The molecule has 1 unspecified atom stereocenters. The molecule has 0 radical (unpaired) electrons. The molecule has 0 aliphatic rings. The van der Waals surface area contributed by atoms with Crippen LogP contribution in [0.15, 0.2) is 18.3 Å². The molecule has 0 aliphatic carbocycles. The summed E-state index contributed by atoms with van der Waals surface area (Å²) in [6.45, 7) is 2.57. The monoisotopic (exact) mass is 226 g/mol. The third kappa shape index (κ3) is 3.77. The van der Waals surface area contributed by atoms with Gasteiger partial charge in [0.05, 0.1) is 17.9 Å². The van der Waals surface area contributed by atoms with Crippen molar-refractivity contribution in [2.75, 3.05) is 14.2 Å². The summed E-state index contributed by atoms with van der Waals surface area (Å²) in [6.07, 6.45) is 1.14. The van der Waals surface area contributed by atoms with E-state index >= 15 is 0 Å². The maximum Gasteiger partial charge on any atom is 0.171 e. The van der Waals surface area contributed by atoms with Gasteiger partial charge in [-0.1, -0.05) is 0 Å². The molecular weight excluding hydrogens is 208 g/mol. The third-order valence-electron chi connectivity index (χ3n) is 2.29. The van der Waals surface area contributed by atoms with Gasteiger partial charge in [0.25, 0.3) is 0 Å². The Morgan fingerprint density at radius 1 is 1.38 bits per heavy atom. The zero-order chi connectivity index (χ0) is 12.0. The molecule has 0 fully saturated rings. The highest BCUT2D eigenvalue weighted by Crippen LogP contribution is 2.06. The van der Waals surface area contributed by atoms with Crippen molar-refractivity contribution in [2.24, 2.45) is 0 Å². The maximum absolute atomic E-state index is 9.08. The Morgan fingerprint density at radius 2 is 2.06 bits per heavy atom. The van der Waals surface area contributed by atoms with Crippen LogP contribution in [0.3, 0.4) is 0 Å². The summed E-state index contributed by atoms with van der Waals surface area (Å²) in [5.74, 6) is 0.170. The summed E-state index contributed by atoms with van der Waals surface area (Å²) in [7, 11) is 3.20. The predicted octanol–water partition coefficient (Wildman–Crippen LogP) is 0.884. The number of aromatic nitrogens is 1. The summed E-state index contributed by atoms with van der Waals surface area (Å²) in [5.41, 5.74) is 0.857. The van der Waals surface area contributed by atoms with Crippen molar-refractivity contribution in [1.29, 1.82) is 0 Å². The first-order chi connectivity index (χ1) is 7.67. The molecule has 90 valence electrons. The molecule has 5 heteroatoms. The average molecular weight is 226 g/mol. The Hall–Kier alpha value is -1.17. The Bertz CT molecular complexity index is 299. The van der Waals surface area contributed by atoms with Crippen molar-refractivity contribution < 1.29 is 14.6 Å². The molecule has 0 amide bonds. The summed E-state index contributed by atoms with van der Waals surface area (Å²) < 4.78 is 10.2. The van der Waals surface area contributed by atoms with Crippen LogP contribution in [-0.2, 0) is 16.0 Å². The lowest BCUT2D eigenvalue weighted by atomic mass is 10.3. The fourth-order valence-corrected chi connectivity index (χ4v) is 1.39. The Balaban J connectivity index is 2.42. The summed E-state index contributed by atoms with van der Waals surface area (Å²) in [6, 6.07) is 3.44. The first kappa shape index (κ1) is 12.9. The van der Waals surface area contributed by atoms with Crippen LogP contribution in [0.5, 0.6) is 5.75 Å². The van der Waals surface area contributed by atoms with Crippen LogP contribution in [0.25, 0.3) is 0 Å². The van der Waals surface area contributed by atoms with Gasteiger partial charge in [0.15, 0.2) is 6.29 Å². The first-order valence-corrected chi connectivity index (χ1v) is 5.10. The fraction of sp³-hybridized carbons (Fsp3) is 0.545. The molecule has 0 aliphatic heterocycles. The number of ether oxygens (including phenoxy) is 2. The van der Waals surface area contributed by atoms with E-state index in [9.17, 15) is 0 Å². The Labute approximate surface area is 95.4 Å². The summed E-state index contributed by atoms with van der Waals surface area (Å²) >= 11 is 0. The zero-order valence-corrected chi connectivity index (χ0v) is 9.80. The number of nitrogens with zero attached hydrogens (tertiary/aromatic N) is 1. The molecule has 1 heterocycles. The van der Waals surface area contributed by atoms with Crippen LogP contribution in [0.2, 0.25) is 0 Å². The molecule has 0 saturated heterocycles. The van der Waals surface area contributed by atoms with Gasteiger partial charge >= 0.3 is 0 Å². The van der Waals surface area contributed by atoms with E-state index in [0.717, 1.165) is 5.69 Å². The molecule has 0 bridgehead atoms. The van der Waals surface area contributed by atoms with Gasteiger partial charge in [-0.05, 0) is 19.1 Å². The first-order valence-electron chi connectivity index (χ1n) is 5.10. The van der Waals surface area contributed by atoms with Crippen LogP contribution in [0.4, 0.5) is 0 Å². The van der Waals surface area contributed by atoms with Gasteiger partial charge in [-0.15, -0.1) is 0 Å². The minimum Gasteiger partial charge on any atom is -0.506 e. The van der Waals surface area contributed by atoms with Gasteiger partial charge < -0.3 is 19.9 Å². The molecule has 2 N–H and O–H groups in total. The van der Waals surface area contributed by atoms with Crippen molar-refractivity contribution in [2.45, 2.75) is 25.8 Å². The SMILES string of the molecule is COC(OC)C(C)NCc1ccc(O)cn1. The Kier molecular flexibility index (Phi) is 5.18. The number of pyridine rings is 1. The van der Waals surface area contributed by atoms with Crippen LogP contribution in [0, 0.1) is 0 Å². The highest BCUT2D eigenvalue weighted by Gasteiger charge is 2.14. The number of methoxy groups -OCH3 is 2. The average Bonchev–Trinajstić information content (AvgIpc) is 2.30. The van der Waals surface area contributed by atoms with E-state index in [-0.39, 0.29) is 18.1 Å². The lowest BCUT2D eigenvalue weighted by molar-refractivity contribution is -0.119. The fourth-order valence-electron chi connectivity index (χ4n) is 1.39. The number of hydrogen-bond donors (Lipinski definition) is 2. The minimum absolute atomic E-state index is 0.0607. The quantitative estimate of drug-likeness (QED) is 0.705. The molecule has 1 aromatic heterocycles. The highest BCUT2D eigenvalue weighted by molar-refractivity contribution is 5.17. The lowest BCUT2D eigenvalue weighted by Crippen LogP contribution is -2.39. The molecule has 0 spiro atoms. The molecule has 1 atom stereocenters. The van der Waals surface area contributed by atoms with Crippen LogP contribution < -0.4 is 5.32 Å². The third-order valence-corrected chi connectivity index (χ3v) is 2.29. The molecular formula is C11H18N2O3. The van der Waals surface area contributed by atoms with E-state index in [1.54, 1.807) is 26.4 Å². The lowest BCUT2D eigenvalue weighted by Gasteiger charge is -2.21.